The van der Waals surface area contributed by atoms with E-state index in [1.807, 2.05) is 29.6 Å². The maximum absolute atomic E-state index is 13.7. The van der Waals surface area contributed by atoms with Crippen LogP contribution < -0.4 is 9.47 Å². The molecule has 0 saturated carbocycles. The number of esters is 1. The number of nitro groups is 1. The fourth-order valence-electron chi connectivity index (χ4n) is 4.16. The number of carbonyl (C=O) groups excluding carboxylic acids is 2. The van der Waals surface area contributed by atoms with Gasteiger partial charge in [0.25, 0.3) is 11.6 Å². The molecular formula is C24H22N2O7S. The monoisotopic (exact) mass is 482 g/mol. The summed E-state index contributed by atoms with van der Waals surface area (Å²) < 4.78 is 15.7. The first kappa shape index (κ1) is 23.2. The van der Waals surface area contributed by atoms with Crippen LogP contribution in [-0.4, -0.2) is 49.6 Å². The fourth-order valence-corrected chi connectivity index (χ4v) is 5.01. The molecule has 0 spiro atoms. The summed E-state index contributed by atoms with van der Waals surface area (Å²) in [6, 6.07) is 10.8. The maximum Gasteiger partial charge on any atom is 0.338 e. The molecule has 1 unspecified atom stereocenters. The van der Waals surface area contributed by atoms with Gasteiger partial charge in [0.2, 0.25) is 0 Å². The predicted octanol–water partition coefficient (Wildman–Crippen LogP) is 4.25. The molecule has 3 aromatic rings. The number of ether oxygens (including phenoxy) is 3. The van der Waals surface area contributed by atoms with Crippen LogP contribution >= 0.6 is 11.3 Å². The van der Waals surface area contributed by atoms with E-state index >= 15 is 0 Å². The van der Waals surface area contributed by atoms with Gasteiger partial charge in [0, 0.05) is 29.1 Å². The third-order valence-corrected chi connectivity index (χ3v) is 6.67. The zero-order chi connectivity index (χ0) is 24.4. The molecule has 1 atom stereocenters. The summed E-state index contributed by atoms with van der Waals surface area (Å²) in [5, 5.41) is 13.4. The second kappa shape index (κ2) is 9.52. The van der Waals surface area contributed by atoms with Crippen molar-refractivity contribution in [1.29, 1.82) is 0 Å². The van der Waals surface area contributed by atoms with E-state index in [0.717, 1.165) is 22.1 Å². The highest BCUT2D eigenvalue weighted by Crippen LogP contribution is 2.42. The molecule has 9 nitrogen and oxygen atoms in total. The van der Waals surface area contributed by atoms with Gasteiger partial charge in [-0.1, -0.05) is 6.07 Å². The van der Waals surface area contributed by atoms with Gasteiger partial charge in [-0.15, -0.1) is 11.3 Å². The molecular weight excluding hydrogens is 460 g/mol. The maximum atomic E-state index is 13.7. The molecule has 0 fully saturated rings. The Morgan fingerprint density at radius 1 is 1.06 bits per heavy atom. The van der Waals surface area contributed by atoms with Gasteiger partial charge in [-0.2, -0.15) is 0 Å². The van der Waals surface area contributed by atoms with Crippen molar-refractivity contribution in [3.63, 3.8) is 0 Å². The molecule has 2 aromatic carbocycles. The summed E-state index contributed by atoms with van der Waals surface area (Å²) in [5.74, 6) is -0.0335. The number of nitro benzene ring substituents is 1. The molecule has 0 aliphatic carbocycles. The fraction of sp³-hybridized carbons (Fsp3) is 0.250. The third-order valence-electron chi connectivity index (χ3n) is 5.74. The summed E-state index contributed by atoms with van der Waals surface area (Å²) in [4.78, 5) is 39.2. The van der Waals surface area contributed by atoms with Crippen LogP contribution in [-0.2, 0) is 11.2 Å². The van der Waals surface area contributed by atoms with Gasteiger partial charge in [-0.25, -0.2) is 4.79 Å². The van der Waals surface area contributed by atoms with Gasteiger partial charge in [0.1, 0.15) is 0 Å². The molecule has 1 aliphatic heterocycles. The molecule has 34 heavy (non-hydrogen) atoms. The number of hydrogen-bond acceptors (Lipinski definition) is 8. The molecule has 2 heterocycles. The van der Waals surface area contributed by atoms with E-state index in [-0.39, 0.29) is 16.8 Å². The van der Waals surface area contributed by atoms with E-state index in [4.69, 9.17) is 14.2 Å². The predicted molar refractivity (Wildman–Crippen MR) is 125 cm³/mol. The summed E-state index contributed by atoms with van der Waals surface area (Å²) >= 11 is 1.50. The van der Waals surface area contributed by atoms with Gasteiger partial charge in [0.15, 0.2) is 11.5 Å². The van der Waals surface area contributed by atoms with Gasteiger partial charge >= 0.3 is 5.97 Å². The Bertz CT molecular complexity index is 1260. The number of non-ortho nitro benzene ring substituents is 1. The topological polar surface area (TPSA) is 108 Å². The van der Waals surface area contributed by atoms with E-state index < -0.39 is 22.8 Å². The zero-order valence-electron chi connectivity index (χ0n) is 18.8. The largest absolute Gasteiger partial charge is 0.493 e. The van der Waals surface area contributed by atoms with E-state index in [1.54, 1.807) is 19.1 Å². The molecule has 176 valence electrons. The van der Waals surface area contributed by atoms with Crippen molar-refractivity contribution in [2.75, 3.05) is 27.9 Å². The standard InChI is InChI=1S/C24H22N2O7S/c1-31-19-12-14-6-7-25(22(21-5-4-8-34-21)18(14)13-20(19)32-2)23(27)15-9-16(24(28)33-3)11-17(10-15)26(29)30/h4-5,8-13,22H,6-7H2,1-3H3. The average molecular weight is 483 g/mol. The number of benzene rings is 2. The van der Waals surface area contributed by atoms with Crippen LogP contribution in [0.1, 0.15) is 42.8 Å². The number of carbonyl (C=O) groups is 2. The van der Waals surface area contributed by atoms with Gasteiger partial charge < -0.3 is 19.1 Å². The van der Waals surface area contributed by atoms with Gasteiger partial charge in [-0.3, -0.25) is 14.9 Å². The van der Waals surface area contributed by atoms with Crippen molar-refractivity contribution in [1.82, 2.24) is 4.90 Å². The Labute approximate surface area is 199 Å². The first-order valence-corrected chi connectivity index (χ1v) is 11.2. The number of thiophene rings is 1. The average Bonchev–Trinajstić information content (AvgIpc) is 3.40. The summed E-state index contributed by atoms with van der Waals surface area (Å²) in [6.45, 7) is 0.375. The smallest absolute Gasteiger partial charge is 0.338 e. The van der Waals surface area contributed by atoms with Crippen molar-refractivity contribution in [3.05, 3.63) is 85.1 Å². The number of methoxy groups -OCH3 is 3. The highest BCUT2D eigenvalue weighted by atomic mass is 32.1. The van der Waals surface area contributed by atoms with E-state index in [0.29, 0.717) is 24.5 Å². The van der Waals surface area contributed by atoms with Gasteiger partial charge in [0.05, 0.1) is 37.9 Å². The quantitative estimate of drug-likeness (QED) is 0.294. The van der Waals surface area contributed by atoms with Crippen molar-refractivity contribution in [3.8, 4) is 11.5 Å². The molecule has 0 saturated heterocycles. The van der Waals surface area contributed by atoms with E-state index in [1.165, 1.54) is 30.6 Å². The second-order valence-corrected chi connectivity index (χ2v) is 8.57. The van der Waals surface area contributed by atoms with Gasteiger partial charge in [-0.05, 0) is 47.2 Å². The zero-order valence-corrected chi connectivity index (χ0v) is 19.6. The highest BCUT2D eigenvalue weighted by Gasteiger charge is 2.35. The summed E-state index contributed by atoms with van der Waals surface area (Å²) in [7, 11) is 4.30. The SMILES string of the molecule is COC(=O)c1cc(C(=O)N2CCc3cc(OC)c(OC)cc3C2c2cccs2)cc([N+](=O)[O-])c1. The summed E-state index contributed by atoms with van der Waals surface area (Å²) in [5.41, 5.74) is 1.53. The van der Waals surface area contributed by atoms with E-state index in [2.05, 4.69) is 0 Å². The Kier molecular flexibility index (Phi) is 6.51. The molecule has 4 rings (SSSR count). The highest BCUT2D eigenvalue weighted by molar-refractivity contribution is 7.10. The van der Waals surface area contributed by atoms with Crippen molar-refractivity contribution >= 4 is 28.9 Å². The lowest BCUT2D eigenvalue weighted by atomic mass is 9.90. The first-order valence-electron chi connectivity index (χ1n) is 10.3. The van der Waals surface area contributed by atoms with E-state index in [9.17, 15) is 19.7 Å². The summed E-state index contributed by atoms with van der Waals surface area (Å²) in [6.07, 6.45) is 0.558. The number of fused-ring (bicyclic) bond motifs is 1. The lowest BCUT2D eigenvalue weighted by molar-refractivity contribution is -0.384. The van der Waals surface area contributed by atoms with Crippen LogP contribution in [0.4, 0.5) is 5.69 Å². The second-order valence-electron chi connectivity index (χ2n) is 7.59. The lowest BCUT2D eigenvalue weighted by Crippen LogP contribution is -2.40. The molecule has 0 radical (unpaired) electrons. The Balaban J connectivity index is 1.83. The van der Waals surface area contributed by atoms with Crippen molar-refractivity contribution in [2.24, 2.45) is 0 Å². The van der Waals surface area contributed by atoms with Crippen LogP contribution in [0.3, 0.4) is 0 Å². The minimum Gasteiger partial charge on any atom is -0.493 e. The Morgan fingerprint density at radius 3 is 2.38 bits per heavy atom. The molecule has 1 aromatic heterocycles. The minimum absolute atomic E-state index is 0.0417. The van der Waals surface area contributed by atoms with Crippen LogP contribution in [0, 0.1) is 10.1 Å². The lowest BCUT2D eigenvalue weighted by Gasteiger charge is -2.37. The first-order chi connectivity index (χ1) is 16.4. The van der Waals surface area contributed by atoms with Crippen LogP contribution in [0.5, 0.6) is 11.5 Å². The van der Waals surface area contributed by atoms with Crippen LogP contribution in [0.15, 0.2) is 47.8 Å². The Hall–Kier alpha value is -3.92. The minimum atomic E-state index is -0.756. The molecule has 1 aliphatic rings. The number of nitrogens with zero attached hydrogens (tertiary/aromatic N) is 2. The number of rotatable bonds is 6. The number of amides is 1. The molecule has 0 N–H and O–H groups in total. The van der Waals surface area contributed by atoms with Crippen LogP contribution in [0.2, 0.25) is 0 Å². The van der Waals surface area contributed by atoms with Crippen molar-refractivity contribution in [2.45, 2.75) is 12.5 Å². The molecule has 0 bridgehead atoms. The number of hydrogen-bond donors (Lipinski definition) is 0. The molecule has 10 heteroatoms. The normalized spacial score (nSPS) is 14.8. The third kappa shape index (κ3) is 4.19. The van der Waals surface area contributed by atoms with Crippen molar-refractivity contribution < 1.29 is 28.7 Å². The van der Waals surface area contributed by atoms with Crippen LogP contribution in [0.25, 0.3) is 0 Å². The Morgan fingerprint density at radius 2 is 1.76 bits per heavy atom. The molecule has 1 amide bonds.